The Bertz CT molecular complexity index is 527. The highest BCUT2D eigenvalue weighted by atomic mass is 35.5. The van der Waals surface area contributed by atoms with Crippen LogP contribution in [0.4, 0.5) is 4.39 Å². The molecule has 0 aliphatic carbocycles. The summed E-state index contributed by atoms with van der Waals surface area (Å²) in [6.07, 6.45) is 2.19. The van der Waals surface area contributed by atoms with Crippen molar-refractivity contribution in [1.82, 2.24) is 9.55 Å². The number of rotatable bonds is 3. The van der Waals surface area contributed by atoms with Gasteiger partial charge in [0.2, 0.25) is 0 Å². The van der Waals surface area contributed by atoms with Crippen molar-refractivity contribution in [3.8, 4) is 0 Å². The smallest absolute Gasteiger partial charge is 0.129 e. The van der Waals surface area contributed by atoms with Gasteiger partial charge in [0.1, 0.15) is 11.9 Å². The fraction of sp³-hybridized carbons (Fsp3) is 0.250. The minimum absolute atomic E-state index is 0.138. The van der Waals surface area contributed by atoms with Crippen LogP contribution in [0, 0.1) is 5.82 Å². The molecule has 0 saturated carbocycles. The zero-order valence-corrected chi connectivity index (χ0v) is 10.0. The van der Waals surface area contributed by atoms with Gasteiger partial charge in [-0.25, -0.2) is 9.37 Å². The first-order chi connectivity index (χ1) is 8.11. The summed E-state index contributed by atoms with van der Waals surface area (Å²) in [5.41, 5.74) is 0.548. The molecule has 5 heteroatoms. The molecule has 17 heavy (non-hydrogen) atoms. The molecule has 1 unspecified atom stereocenters. The maximum atomic E-state index is 13.5. The Labute approximate surface area is 103 Å². The van der Waals surface area contributed by atoms with Gasteiger partial charge in [0.05, 0.1) is 12.0 Å². The number of aliphatic hydroxyl groups is 1. The van der Waals surface area contributed by atoms with Crippen LogP contribution in [0.1, 0.15) is 24.3 Å². The van der Waals surface area contributed by atoms with Gasteiger partial charge in [-0.15, -0.1) is 0 Å². The highest BCUT2D eigenvalue weighted by Gasteiger charge is 2.17. The van der Waals surface area contributed by atoms with Gasteiger partial charge >= 0.3 is 0 Å². The average Bonchev–Trinajstić information content (AvgIpc) is 2.80. The van der Waals surface area contributed by atoms with E-state index >= 15 is 0 Å². The molecular weight excluding hydrogens is 243 g/mol. The Kier molecular flexibility index (Phi) is 3.45. The number of hydrogen-bond acceptors (Lipinski definition) is 2. The van der Waals surface area contributed by atoms with Crippen molar-refractivity contribution in [2.45, 2.75) is 19.6 Å². The summed E-state index contributed by atoms with van der Waals surface area (Å²) in [4.78, 5) is 4.04. The highest BCUT2D eigenvalue weighted by Crippen LogP contribution is 2.25. The third-order valence-corrected chi connectivity index (χ3v) is 2.79. The van der Waals surface area contributed by atoms with Crippen molar-refractivity contribution in [3.63, 3.8) is 0 Å². The van der Waals surface area contributed by atoms with Crippen molar-refractivity contribution in [2.24, 2.45) is 0 Å². The Morgan fingerprint density at radius 3 is 2.94 bits per heavy atom. The van der Waals surface area contributed by atoms with Crippen molar-refractivity contribution in [3.05, 3.63) is 52.8 Å². The second-order valence-electron chi connectivity index (χ2n) is 3.70. The molecule has 0 aliphatic heterocycles. The van der Waals surface area contributed by atoms with E-state index in [-0.39, 0.29) is 5.56 Å². The number of aryl methyl sites for hydroxylation is 1. The second kappa shape index (κ2) is 4.85. The summed E-state index contributed by atoms with van der Waals surface area (Å²) < 4.78 is 15.3. The predicted molar refractivity (Wildman–Crippen MR) is 63.4 cm³/mol. The van der Waals surface area contributed by atoms with Crippen molar-refractivity contribution in [2.75, 3.05) is 0 Å². The molecule has 1 aromatic carbocycles. The molecule has 0 bridgehead atoms. The van der Waals surface area contributed by atoms with E-state index in [2.05, 4.69) is 4.98 Å². The topological polar surface area (TPSA) is 38.0 Å². The first-order valence-corrected chi connectivity index (χ1v) is 5.64. The normalized spacial score (nSPS) is 12.7. The molecule has 0 saturated heterocycles. The summed E-state index contributed by atoms with van der Waals surface area (Å²) in [5, 5.41) is 10.4. The van der Waals surface area contributed by atoms with Gasteiger partial charge < -0.3 is 9.67 Å². The quantitative estimate of drug-likeness (QED) is 0.915. The molecule has 1 aromatic heterocycles. The third kappa shape index (κ3) is 2.48. The summed E-state index contributed by atoms with van der Waals surface area (Å²) >= 11 is 5.78. The lowest BCUT2D eigenvalue weighted by Crippen LogP contribution is -2.03. The van der Waals surface area contributed by atoms with Gasteiger partial charge in [-0.1, -0.05) is 11.6 Å². The van der Waals surface area contributed by atoms with Gasteiger partial charge in [0.15, 0.2) is 0 Å². The van der Waals surface area contributed by atoms with E-state index in [1.165, 1.54) is 18.2 Å². The molecule has 1 N–H and O–H groups in total. The highest BCUT2D eigenvalue weighted by molar-refractivity contribution is 6.30. The molecule has 0 spiro atoms. The zero-order chi connectivity index (χ0) is 12.4. The first-order valence-electron chi connectivity index (χ1n) is 5.26. The molecular formula is C12H12ClFN2O. The van der Waals surface area contributed by atoms with Crippen LogP contribution in [-0.4, -0.2) is 14.7 Å². The molecule has 90 valence electrons. The lowest BCUT2D eigenvalue weighted by molar-refractivity contribution is 0.210. The van der Waals surface area contributed by atoms with Crippen molar-refractivity contribution < 1.29 is 9.50 Å². The van der Waals surface area contributed by atoms with Crippen LogP contribution in [0.25, 0.3) is 0 Å². The summed E-state index contributed by atoms with van der Waals surface area (Å²) in [6.45, 7) is 2.70. The van der Waals surface area contributed by atoms with Gasteiger partial charge in [-0.2, -0.15) is 0 Å². The van der Waals surface area contributed by atoms with Crippen LogP contribution < -0.4 is 0 Å². The van der Waals surface area contributed by atoms with Crippen molar-refractivity contribution in [1.29, 1.82) is 0 Å². The van der Waals surface area contributed by atoms with E-state index in [4.69, 9.17) is 11.6 Å². The first kappa shape index (κ1) is 12.1. The minimum Gasteiger partial charge on any atom is -0.382 e. The largest absolute Gasteiger partial charge is 0.382 e. The maximum absolute atomic E-state index is 13.5. The predicted octanol–water partition coefficient (Wildman–Crippen LogP) is 2.78. The Balaban J connectivity index is 2.35. The van der Waals surface area contributed by atoms with Crippen LogP contribution in [0.3, 0.4) is 0 Å². The number of benzene rings is 1. The average molecular weight is 255 g/mol. The Hall–Kier alpha value is -1.39. The van der Waals surface area contributed by atoms with E-state index in [9.17, 15) is 9.50 Å². The van der Waals surface area contributed by atoms with E-state index in [0.29, 0.717) is 10.7 Å². The van der Waals surface area contributed by atoms with Gasteiger partial charge in [0, 0.05) is 23.3 Å². The van der Waals surface area contributed by atoms with E-state index in [0.717, 1.165) is 6.54 Å². The molecule has 2 aromatic rings. The zero-order valence-electron chi connectivity index (χ0n) is 9.27. The summed E-state index contributed by atoms with van der Waals surface area (Å²) in [7, 11) is 0. The second-order valence-corrected chi connectivity index (χ2v) is 4.13. The summed E-state index contributed by atoms with van der Waals surface area (Å²) in [5.74, 6) is -0.493. The van der Waals surface area contributed by atoms with E-state index in [1.807, 2.05) is 6.92 Å². The lowest BCUT2D eigenvalue weighted by atomic mass is 10.1. The summed E-state index contributed by atoms with van der Waals surface area (Å²) in [6, 6.07) is 4.09. The van der Waals surface area contributed by atoms with Gasteiger partial charge in [-0.05, 0) is 25.1 Å². The van der Waals surface area contributed by atoms with Gasteiger partial charge in [-0.3, -0.25) is 0 Å². The van der Waals surface area contributed by atoms with Crippen molar-refractivity contribution >= 4 is 11.6 Å². The van der Waals surface area contributed by atoms with Crippen LogP contribution in [-0.2, 0) is 6.54 Å². The monoisotopic (exact) mass is 254 g/mol. The van der Waals surface area contributed by atoms with Crippen LogP contribution >= 0.6 is 11.6 Å². The molecule has 0 fully saturated rings. The number of aromatic nitrogens is 2. The molecule has 0 amide bonds. The SMILES string of the molecule is CCn1cnc(C(O)c2cc(Cl)ccc2F)c1. The molecule has 1 heterocycles. The molecule has 0 aliphatic rings. The molecule has 1 atom stereocenters. The lowest BCUT2D eigenvalue weighted by Gasteiger charge is -2.09. The fourth-order valence-electron chi connectivity index (χ4n) is 1.58. The number of aliphatic hydroxyl groups excluding tert-OH is 1. The fourth-order valence-corrected chi connectivity index (χ4v) is 1.76. The Morgan fingerprint density at radius 2 is 2.29 bits per heavy atom. The van der Waals surface area contributed by atoms with E-state index in [1.54, 1.807) is 17.1 Å². The van der Waals surface area contributed by atoms with E-state index < -0.39 is 11.9 Å². The molecule has 3 nitrogen and oxygen atoms in total. The standard InChI is InChI=1S/C12H12ClFN2O/c1-2-16-6-11(15-7-16)12(17)9-5-8(13)3-4-10(9)14/h3-7,12,17H,2H2,1H3. The Morgan fingerprint density at radius 1 is 1.53 bits per heavy atom. The third-order valence-electron chi connectivity index (χ3n) is 2.55. The molecule has 2 rings (SSSR count). The van der Waals surface area contributed by atoms with Crippen LogP contribution in [0.5, 0.6) is 0 Å². The van der Waals surface area contributed by atoms with Gasteiger partial charge in [0.25, 0.3) is 0 Å². The number of nitrogens with zero attached hydrogens (tertiary/aromatic N) is 2. The number of imidazole rings is 1. The molecule has 0 radical (unpaired) electrons. The number of hydrogen-bond donors (Lipinski definition) is 1. The maximum Gasteiger partial charge on any atom is 0.129 e. The van der Waals surface area contributed by atoms with Crippen LogP contribution in [0.2, 0.25) is 5.02 Å². The van der Waals surface area contributed by atoms with Crippen LogP contribution in [0.15, 0.2) is 30.7 Å². The minimum atomic E-state index is -1.10. The number of halogens is 2.